The molecule has 0 aromatic carbocycles. The van der Waals surface area contributed by atoms with Crippen molar-refractivity contribution in [1.29, 1.82) is 0 Å². The van der Waals surface area contributed by atoms with Crippen molar-refractivity contribution in [3.63, 3.8) is 0 Å². The van der Waals surface area contributed by atoms with Gasteiger partial charge < -0.3 is 48.0 Å². The number of ether oxygens (including phenoxy) is 8. The van der Waals surface area contributed by atoms with Gasteiger partial charge in [0.25, 0.3) is 23.6 Å². The number of carbonyl (C=O) groups excluding carboxylic acids is 6. The van der Waals surface area contributed by atoms with Crippen molar-refractivity contribution in [2.24, 2.45) is 0 Å². The molecule has 0 aromatic rings. The number of nitrogens with one attached hydrogen (secondary N) is 1. The van der Waals surface area contributed by atoms with Crippen LogP contribution in [0.4, 0.5) is 0 Å². The lowest BCUT2D eigenvalue weighted by molar-refractivity contribution is -0.204. The van der Waals surface area contributed by atoms with Gasteiger partial charge in [-0.25, -0.2) is 4.79 Å². The van der Waals surface area contributed by atoms with Crippen LogP contribution in [0.2, 0.25) is 0 Å². The highest BCUT2D eigenvalue weighted by Crippen LogP contribution is 2.13. The first kappa shape index (κ1) is 40.8. The molecule has 0 saturated carbocycles. The van der Waals surface area contributed by atoms with E-state index in [9.17, 15) is 28.8 Å². The quantitative estimate of drug-likeness (QED) is 0.0677. The number of hydroxylamine groups is 2. The number of nitrogens with zero attached hydrogens (tertiary/aromatic N) is 2. The molecule has 18 heteroatoms. The number of amides is 5. The first-order chi connectivity index (χ1) is 23.3. The van der Waals surface area contributed by atoms with E-state index in [-0.39, 0.29) is 44.9 Å². The summed E-state index contributed by atoms with van der Waals surface area (Å²) in [5, 5.41) is 3.15. The molecule has 1 unspecified atom stereocenters. The molecule has 0 aliphatic carbocycles. The van der Waals surface area contributed by atoms with Crippen LogP contribution in [0, 0.1) is 0 Å². The molecule has 0 radical (unpaired) electrons. The molecule has 0 spiro atoms. The molecule has 1 saturated heterocycles. The predicted molar refractivity (Wildman–Crippen MR) is 162 cm³/mol. The Bertz CT molecular complexity index is 1010. The lowest BCUT2D eigenvalue weighted by Gasteiger charge is -2.16. The topological polar surface area (TPSA) is 204 Å². The van der Waals surface area contributed by atoms with Crippen LogP contribution in [0.1, 0.15) is 26.2 Å². The molecule has 2 aliphatic rings. The summed E-state index contributed by atoms with van der Waals surface area (Å²) < 4.78 is 43.1. The molecule has 2 heterocycles. The van der Waals surface area contributed by atoms with E-state index in [4.69, 9.17) is 42.7 Å². The molecule has 0 aromatic heterocycles. The van der Waals surface area contributed by atoms with Crippen LogP contribution in [-0.2, 0) is 71.5 Å². The van der Waals surface area contributed by atoms with E-state index < -0.39 is 35.7 Å². The highest BCUT2D eigenvalue weighted by Gasteiger charge is 2.34. The average molecular weight is 690 g/mol. The first-order valence-electron chi connectivity index (χ1n) is 15.8. The van der Waals surface area contributed by atoms with Gasteiger partial charge in [0.1, 0.15) is 0 Å². The summed E-state index contributed by atoms with van der Waals surface area (Å²) in [6.07, 6.45) is 1.50. The Labute approximate surface area is 279 Å². The van der Waals surface area contributed by atoms with Gasteiger partial charge in [-0.05, 0) is 6.92 Å². The van der Waals surface area contributed by atoms with Gasteiger partial charge in [-0.3, -0.25) is 28.9 Å². The Morgan fingerprint density at radius 2 is 1.04 bits per heavy atom. The number of hydrogen-bond donors (Lipinski definition) is 1. The summed E-state index contributed by atoms with van der Waals surface area (Å²) >= 11 is 0. The lowest BCUT2D eigenvalue weighted by Crippen LogP contribution is -2.36. The van der Waals surface area contributed by atoms with Crippen LogP contribution in [0.5, 0.6) is 0 Å². The molecular weight excluding hydrogens is 642 g/mol. The zero-order valence-electron chi connectivity index (χ0n) is 27.4. The minimum absolute atomic E-state index is 0.0278. The van der Waals surface area contributed by atoms with E-state index in [0.29, 0.717) is 97.5 Å². The van der Waals surface area contributed by atoms with Crippen molar-refractivity contribution in [2.45, 2.75) is 32.3 Å². The van der Waals surface area contributed by atoms with Crippen LogP contribution in [-0.4, -0.2) is 164 Å². The number of carbonyl (C=O) groups is 6. The standard InChI is InChI=1S/C30H47N3O15/c1-24(30(39)48-33-28(37)4-5-29(33)38)47-23-22-46-21-20-45-19-18-44-17-16-43-15-14-42-13-12-41-11-10-40-9-7-31-25(34)6-8-32-26(35)2-3-27(32)36/h2-3,24H,4-23H2,1H3,(H,31,34). The predicted octanol–water partition coefficient (Wildman–Crippen LogP) is -1.45. The smallest absolute Gasteiger partial charge is 0.361 e. The molecule has 5 amide bonds. The summed E-state index contributed by atoms with van der Waals surface area (Å²) in [5.74, 6) is -3.00. The molecule has 1 fully saturated rings. The minimum Gasteiger partial charge on any atom is -0.377 e. The molecule has 18 nitrogen and oxygen atoms in total. The maximum Gasteiger partial charge on any atom is 0.361 e. The monoisotopic (exact) mass is 689 g/mol. The molecule has 48 heavy (non-hydrogen) atoms. The van der Waals surface area contributed by atoms with Gasteiger partial charge in [0.15, 0.2) is 6.10 Å². The zero-order chi connectivity index (χ0) is 34.8. The molecule has 2 aliphatic heterocycles. The highest BCUT2D eigenvalue weighted by atomic mass is 16.7. The van der Waals surface area contributed by atoms with Crippen LogP contribution >= 0.6 is 0 Å². The number of imide groups is 2. The fraction of sp³-hybridized carbons (Fsp3) is 0.733. The normalized spacial score (nSPS) is 15.2. The molecule has 272 valence electrons. The fourth-order valence-corrected chi connectivity index (χ4v) is 3.81. The van der Waals surface area contributed by atoms with E-state index in [0.717, 1.165) is 4.90 Å². The second kappa shape index (κ2) is 25.6. The molecular formula is C30H47N3O15. The maximum absolute atomic E-state index is 11.9. The van der Waals surface area contributed by atoms with E-state index in [2.05, 4.69) is 5.32 Å². The van der Waals surface area contributed by atoms with Crippen LogP contribution in [0.25, 0.3) is 0 Å². The van der Waals surface area contributed by atoms with E-state index in [1.54, 1.807) is 0 Å². The second-order valence-corrected chi connectivity index (χ2v) is 10.1. The molecule has 0 bridgehead atoms. The van der Waals surface area contributed by atoms with Crippen LogP contribution in [0.15, 0.2) is 12.2 Å². The SMILES string of the molecule is CC(OCCOCCOCCOCCOCCOCCOCCOCCNC(=O)CCN1C(=O)C=CC1=O)C(=O)ON1C(=O)CCC1=O. The van der Waals surface area contributed by atoms with Gasteiger partial charge in [0.2, 0.25) is 5.91 Å². The molecule has 1 N–H and O–H groups in total. The Hall–Kier alpha value is -3.36. The second-order valence-electron chi connectivity index (χ2n) is 10.1. The van der Waals surface area contributed by atoms with Crippen molar-refractivity contribution in [2.75, 3.05) is 112 Å². The van der Waals surface area contributed by atoms with Crippen molar-refractivity contribution in [1.82, 2.24) is 15.3 Å². The third-order valence-electron chi connectivity index (χ3n) is 6.38. The third-order valence-corrected chi connectivity index (χ3v) is 6.38. The summed E-state index contributed by atoms with van der Waals surface area (Å²) in [5.41, 5.74) is 0. The minimum atomic E-state index is -0.958. The van der Waals surface area contributed by atoms with Crippen molar-refractivity contribution in [3.05, 3.63) is 12.2 Å². The van der Waals surface area contributed by atoms with Gasteiger partial charge in [0, 0.05) is 44.5 Å². The zero-order valence-corrected chi connectivity index (χ0v) is 27.4. The van der Waals surface area contributed by atoms with Gasteiger partial charge in [-0.2, -0.15) is 0 Å². The summed E-state index contributed by atoms with van der Waals surface area (Å²) in [4.78, 5) is 75.3. The van der Waals surface area contributed by atoms with Gasteiger partial charge in [0.05, 0.1) is 99.1 Å². The molecule has 2 rings (SSSR count). The molecule has 1 atom stereocenters. The van der Waals surface area contributed by atoms with E-state index in [1.165, 1.54) is 19.1 Å². The average Bonchev–Trinajstić information content (AvgIpc) is 3.57. The van der Waals surface area contributed by atoms with Crippen LogP contribution in [0.3, 0.4) is 0 Å². The van der Waals surface area contributed by atoms with Crippen LogP contribution < -0.4 is 5.32 Å². The Morgan fingerprint density at radius 1 is 0.646 bits per heavy atom. The highest BCUT2D eigenvalue weighted by molar-refractivity contribution is 6.13. The fourth-order valence-electron chi connectivity index (χ4n) is 3.81. The maximum atomic E-state index is 11.9. The Kier molecular flexibility index (Phi) is 21.8. The number of rotatable bonds is 30. The van der Waals surface area contributed by atoms with Crippen molar-refractivity contribution < 1.29 is 71.5 Å². The largest absolute Gasteiger partial charge is 0.377 e. The van der Waals surface area contributed by atoms with Crippen molar-refractivity contribution in [3.8, 4) is 0 Å². The summed E-state index contributed by atoms with van der Waals surface area (Å²) in [6.45, 7) is 7.26. The number of hydrogen-bond acceptors (Lipinski definition) is 15. The first-order valence-corrected chi connectivity index (χ1v) is 15.8. The Balaban J connectivity index is 1.21. The van der Waals surface area contributed by atoms with Gasteiger partial charge >= 0.3 is 5.97 Å². The summed E-state index contributed by atoms with van der Waals surface area (Å²) in [6, 6.07) is 0. The van der Waals surface area contributed by atoms with E-state index in [1.807, 2.05) is 0 Å². The van der Waals surface area contributed by atoms with E-state index >= 15 is 0 Å². The van der Waals surface area contributed by atoms with Gasteiger partial charge in [-0.1, -0.05) is 0 Å². The van der Waals surface area contributed by atoms with Gasteiger partial charge in [-0.15, -0.1) is 5.06 Å². The summed E-state index contributed by atoms with van der Waals surface area (Å²) in [7, 11) is 0. The Morgan fingerprint density at radius 3 is 1.48 bits per heavy atom. The third kappa shape index (κ3) is 18.3. The van der Waals surface area contributed by atoms with Crippen molar-refractivity contribution >= 4 is 35.5 Å². The lowest BCUT2D eigenvalue weighted by atomic mass is 10.3.